The van der Waals surface area contributed by atoms with Crippen LogP contribution in [0.3, 0.4) is 0 Å². The minimum absolute atomic E-state index is 0.0948. The smallest absolute Gasteiger partial charge is 0.243 e. The normalized spacial score (nSPS) is 19.7. The number of likely N-dealkylation sites (tertiary alicyclic amines) is 2. The molecule has 0 bridgehead atoms. The number of fused-ring (bicyclic) bond motifs is 1. The van der Waals surface area contributed by atoms with Gasteiger partial charge < -0.3 is 15.1 Å². The highest BCUT2D eigenvalue weighted by Gasteiger charge is 2.42. The number of likely N-dealkylation sites (N-methyl/N-ethyl adjacent to an activating group) is 1. The molecular weight excluding hydrogens is 520 g/mol. The number of benzene rings is 1. The van der Waals surface area contributed by atoms with E-state index < -0.39 is 12.1 Å². The molecule has 1 N–H and O–H groups in total. The average molecular weight is 561 g/mol. The van der Waals surface area contributed by atoms with Crippen molar-refractivity contribution in [3.8, 4) is 0 Å². The SMILES string of the molecule is CN(C)[C@H](CCC(=O)N1CCCC1)C(=O)N1C[C@H](Cc2ccncc2)C[C@H]1C(=O)NCc1ccc2c(c1)nnn2C. The summed E-state index contributed by atoms with van der Waals surface area (Å²) in [7, 11) is 5.57. The first-order chi connectivity index (χ1) is 19.8. The van der Waals surface area contributed by atoms with Crippen LogP contribution in [-0.2, 0) is 34.4 Å². The molecule has 11 nitrogen and oxygen atoms in total. The zero-order valence-electron chi connectivity index (χ0n) is 24.2. The molecule has 2 aliphatic rings. The van der Waals surface area contributed by atoms with Crippen molar-refractivity contribution in [2.45, 2.75) is 57.2 Å². The van der Waals surface area contributed by atoms with Crippen molar-refractivity contribution in [2.75, 3.05) is 33.7 Å². The van der Waals surface area contributed by atoms with Crippen LogP contribution in [0.5, 0.6) is 0 Å². The maximum absolute atomic E-state index is 14.0. The van der Waals surface area contributed by atoms with Gasteiger partial charge in [-0.1, -0.05) is 11.3 Å². The first-order valence-electron chi connectivity index (χ1n) is 14.5. The topological polar surface area (TPSA) is 117 Å². The Labute approximate surface area is 240 Å². The summed E-state index contributed by atoms with van der Waals surface area (Å²) in [5.74, 6) is -0.0151. The predicted octanol–water partition coefficient (Wildman–Crippen LogP) is 1.77. The first kappa shape index (κ1) is 28.7. The van der Waals surface area contributed by atoms with Gasteiger partial charge in [-0.3, -0.25) is 24.3 Å². The minimum Gasteiger partial charge on any atom is -0.350 e. The largest absolute Gasteiger partial charge is 0.350 e. The Balaban J connectivity index is 1.29. The van der Waals surface area contributed by atoms with E-state index in [9.17, 15) is 14.4 Å². The fourth-order valence-electron chi connectivity index (χ4n) is 6.10. The molecule has 2 aromatic heterocycles. The van der Waals surface area contributed by atoms with Crippen molar-refractivity contribution >= 4 is 28.8 Å². The van der Waals surface area contributed by atoms with Crippen LogP contribution in [0.15, 0.2) is 42.7 Å². The lowest BCUT2D eigenvalue weighted by molar-refractivity contribution is -0.142. The molecule has 0 unspecified atom stereocenters. The van der Waals surface area contributed by atoms with E-state index in [4.69, 9.17) is 0 Å². The number of carbonyl (C=O) groups is 3. The van der Waals surface area contributed by atoms with E-state index in [2.05, 4.69) is 20.6 Å². The highest BCUT2D eigenvalue weighted by molar-refractivity contribution is 5.91. The van der Waals surface area contributed by atoms with Crippen LogP contribution in [0.25, 0.3) is 11.0 Å². The second-order valence-corrected chi connectivity index (χ2v) is 11.5. The van der Waals surface area contributed by atoms with E-state index in [0.717, 1.165) is 54.5 Å². The second-order valence-electron chi connectivity index (χ2n) is 11.5. The molecule has 0 radical (unpaired) electrons. The molecule has 11 heteroatoms. The van der Waals surface area contributed by atoms with Crippen LogP contribution in [0.1, 0.15) is 43.2 Å². The number of aryl methyl sites for hydroxylation is 1. The summed E-state index contributed by atoms with van der Waals surface area (Å²) in [6, 6.07) is 8.73. The molecule has 0 spiro atoms. The number of aromatic nitrogens is 4. The zero-order chi connectivity index (χ0) is 28.9. The first-order valence-corrected chi connectivity index (χ1v) is 14.5. The van der Waals surface area contributed by atoms with E-state index in [1.165, 1.54) is 0 Å². The van der Waals surface area contributed by atoms with Crippen LogP contribution in [0.2, 0.25) is 0 Å². The average Bonchev–Trinajstić information content (AvgIpc) is 3.73. The van der Waals surface area contributed by atoms with Crippen LogP contribution >= 0.6 is 0 Å². The summed E-state index contributed by atoms with van der Waals surface area (Å²) < 4.78 is 1.71. The van der Waals surface area contributed by atoms with Gasteiger partial charge in [-0.25, -0.2) is 4.68 Å². The lowest BCUT2D eigenvalue weighted by Crippen LogP contribution is -2.52. The Morgan fingerprint density at radius 3 is 2.56 bits per heavy atom. The van der Waals surface area contributed by atoms with Gasteiger partial charge >= 0.3 is 0 Å². The summed E-state index contributed by atoms with van der Waals surface area (Å²) in [6.07, 6.45) is 7.71. The maximum atomic E-state index is 14.0. The lowest BCUT2D eigenvalue weighted by Gasteiger charge is -2.31. The summed E-state index contributed by atoms with van der Waals surface area (Å²) in [4.78, 5) is 50.0. The number of amides is 3. The molecule has 2 saturated heterocycles. The number of nitrogens with zero attached hydrogens (tertiary/aromatic N) is 7. The molecule has 0 aliphatic carbocycles. The van der Waals surface area contributed by atoms with Gasteiger partial charge in [0.05, 0.1) is 11.6 Å². The Morgan fingerprint density at radius 2 is 1.83 bits per heavy atom. The van der Waals surface area contributed by atoms with E-state index in [1.54, 1.807) is 22.0 Å². The van der Waals surface area contributed by atoms with Gasteiger partial charge in [0.2, 0.25) is 17.7 Å². The third-order valence-corrected chi connectivity index (χ3v) is 8.39. The molecule has 0 saturated carbocycles. The standard InChI is InChI=1S/C30H40N8O3/c1-35(2)26(8-9-28(39)37-14-4-5-15-37)30(41)38-20-23(16-21-10-12-31-13-11-21)18-27(38)29(40)32-19-22-6-7-25-24(17-22)33-34-36(25)3/h6-7,10-13,17,23,26-27H,4-5,8-9,14-16,18-20H2,1-3H3,(H,32,40)/t23-,26-,27+/m1/s1. The van der Waals surface area contributed by atoms with Gasteiger partial charge in [0.25, 0.3) is 0 Å². The molecule has 41 heavy (non-hydrogen) atoms. The highest BCUT2D eigenvalue weighted by Crippen LogP contribution is 2.29. The van der Waals surface area contributed by atoms with Gasteiger partial charge in [-0.15, -0.1) is 5.10 Å². The molecular formula is C30H40N8O3. The number of carbonyl (C=O) groups excluding carboxylic acids is 3. The van der Waals surface area contributed by atoms with Crippen LogP contribution in [-0.4, -0.2) is 98.2 Å². The minimum atomic E-state index is -0.577. The Morgan fingerprint density at radius 1 is 1.07 bits per heavy atom. The Kier molecular flexibility index (Phi) is 8.92. The molecule has 3 atom stereocenters. The van der Waals surface area contributed by atoms with Crippen molar-refractivity contribution in [3.05, 3.63) is 53.9 Å². The predicted molar refractivity (Wildman–Crippen MR) is 154 cm³/mol. The molecule has 3 aromatic rings. The molecule has 1 aromatic carbocycles. The molecule has 2 aliphatic heterocycles. The lowest BCUT2D eigenvalue weighted by atomic mass is 9.97. The highest BCUT2D eigenvalue weighted by atomic mass is 16.2. The van der Waals surface area contributed by atoms with Crippen molar-refractivity contribution in [1.82, 2.24) is 40.0 Å². The maximum Gasteiger partial charge on any atom is 0.243 e. The second kappa shape index (κ2) is 12.8. The Hall–Kier alpha value is -3.86. The number of pyridine rings is 1. The third-order valence-electron chi connectivity index (χ3n) is 8.39. The van der Waals surface area contributed by atoms with Gasteiger partial charge in [0.15, 0.2) is 0 Å². The number of hydrogen-bond donors (Lipinski definition) is 1. The molecule has 4 heterocycles. The summed E-state index contributed by atoms with van der Waals surface area (Å²) in [5.41, 5.74) is 3.74. The van der Waals surface area contributed by atoms with Crippen LogP contribution in [0, 0.1) is 5.92 Å². The van der Waals surface area contributed by atoms with Gasteiger partial charge in [0, 0.05) is 52.0 Å². The van der Waals surface area contributed by atoms with Crippen molar-refractivity contribution in [1.29, 1.82) is 0 Å². The molecule has 5 rings (SSSR count). The van der Waals surface area contributed by atoms with E-state index in [0.29, 0.717) is 32.4 Å². The molecule has 2 fully saturated rings. The number of rotatable bonds is 10. The van der Waals surface area contributed by atoms with E-state index in [1.807, 2.05) is 61.3 Å². The van der Waals surface area contributed by atoms with Crippen molar-refractivity contribution in [2.24, 2.45) is 13.0 Å². The van der Waals surface area contributed by atoms with Crippen LogP contribution < -0.4 is 5.32 Å². The molecule has 3 amide bonds. The van der Waals surface area contributed by atoms with Crippen molar-refractivity contribution < 1.29 is 14.4 Å². The summed E-state index contributed by atoms with van der Waals surface area (Å²) in [6.45, 7) is 2.43. The fraction of sp³-hybridized carbons (Fsp3) is 0.533. The quantitative estimate of drug-likeness (QED) is 0.402. The van der Waals surface area contributed by atoms with E-state index >= 15 is 0 Å². The Bertz CT molecular complexity index is 1370. The summed E-state index contributed by atoms with van der Waals surface area (Å²) >= 11 is 0. The van der Waals surface area contributed by atoms with Crippen molar-refractivity contribution in [3.63, 3.8) is 0 Å². The van der Waals surface area contributed by atoms with Crippen LogP contribution in [0.4, 0.5) is 0 Å². The van der Waals surface area contributed by atoms with Gasteiger partial charge in [-0.05, 0) is 87.5 Å². The number of nitrogens with one attached hydrogen (secondary N) is 1. The monoisotopic (exact) mass is 560 g/mol. The fourth-order valence-corrected chi connectivity index (χ4v) is 6.10. The van der Waals surface area contributed by atoms with Gasteiger partial charge in [-0.2, -0.15) is 0 Å². The summed E-state index contributed by atoms with van der Waals surface area (Å²) in [5, 5.41) is 11.3. The van der Waals surface area contributed by atoms with Gasteiger partial charge in [0.1, 0.15) is 11.6 Å². The zero-order valence-corrected chi connectivity index (χ0v) is 24.2. The van der Waals surface area contributed by atoms with E-state index in [-0.39, 0.29) is 23.6 Å². The molecule has 218 valence electrons. The number of hydrogen-bond acceptors (Lipinski definition) is 7. The third kappa shape index (κ3) is 6.73.